The van der Waals surface area contributed by atoms with Gasteiger partial charge in [0.2, 0.25) is 0 Å². The van der Waals surface area contributed by atoms with Crippen molar-refractivity contribution in [2.24, 2.45) is 0 Å². The van der Waals surface area contributed by atoms with Crippen molar-refractivity contribution in [3.63, 3.8) is 0 Å². The fraction of sp³-hybridized carbons (Fsp3) is 0.900. The van der Waals surface area contributed by atoms with Crippen LogP contribution in [-0.4, -0.2) is 53.7 Å². The van der Waals surface area contributed by atoms with Crippen LogP contribution in [0.2, 0.25) is 0 Å². The van der Waals surface area contributed by atoms with Crippen LogP contribution >= 0.6 is 15.9 Å². The normalized spacial score (nSPS) is 15.2. The maximum absolute atomic E-state index is 13.2. The third-order valence-electron chi connectivity index (χ3n) is 2.79. The lowest BCUT2D eigenvalue weighted by molar-refractivity contribution is -0.440. The molecule has 0 saturated heterocycles. The molecule has 0 aromatic carbocycles. The van der Waals surface area contributed by atoms with Crippen molar-refractivity contribution < 1.29 is 66.6 Å². The van der Waals surface area contributed by atoms with Gasteiger partial charge in [-0.05, 0) is 0 Å². The molecule has 0 aliphatic carbocycles. The predicted molar refractivity (Wildman–Crippen MR) is 60.2 cm³/mol. The Morgan fingerprint density at radius 1 is 0.692 bits per heavy atom. The predicted octanol–water partition coefficient (Wildman–Crippen LogP) is 5.05. The lowest BCUT2D eigenvalue weighted by Gasteiger charge is -2.39. The zero-order valence-corrected chi connectivity index (χ0v) is 13.3. The molecule has 156 valence electrons. The largest absolute Gasteiger partial charge is 0.465 e. The molecule has 16 heteroatoms. The van der Waals surface area contributed by atoms with E-state index in [0.29, 0.717) is 0 Å². The van der Waals surface area contributed by atoms with Crippen LogP contribution in [-0.2, 0) is 9.53 Å². The van der Waals surface area contributed by atoms with Crippen molar-refractivity contribution in [1.29, 1.82) is 0 Å². The highest BCUT2D eigenvalue weighted by molar-refractivity contribution is 9.09. The van der Waals surface area contributed by atoms with E-state index in [9.17, 15) is 61.9 Å². The average Bonchev–Trinajstić information content (AvgIpc) is 2.44. The van der Waals surface area contributed by atoms with Crippen molar-refractivity contribution in [1.82, 2.24) is 0 Å². The molecule has 0 saturated carbocycles. The highest BCUT2D eigenvalue weighted by Gasteiger charge is 2.90. The van der Waals surface area contributed by atoms with Gasteiger partial charge >= 0.3 is 41.8 Å². The third-order valence-corrected chi connectivity index (χ3v) is 3.24. The van der Waals surface area contributed by atoms with Gasteiger partial charge in [0.25, 0.3) is 0 Å². The molecule has 0 amide bonds. The first-order valence-electron chi connectivity index (χ1n) is 5.88. The van der Waals surface area contributed by atoms with Crippen LogP contribution in [0.15, 0.2) is 0 Å². The maximum atomic E-state index is 13.2. The van der Waals surface area contributed by atoms with Crippen LogP contribution in [0.5, 0.6) is 0 Å². The lowest BCUT2D eigenvalue weighted by atomic mass is 9.93. The van der Waals surface area contributed by atoms with Crippen LogP contribution in [0.4, 0.5) is 57.1 Å². The molecular weight excluding hydrogens is 479 g/mol. The molecule has 2 nitrogen and oxygen atoms in total. The average molecular weight is 485 g/mol. The quantitative estimate of drug-likeness (QED) is 0.274. The summed E-state index contributed by atoms with van der Waals surface area (Å²) >= 11 is 2.41. The summed E-state index contributed by atoms with van der Waals surface area (Å²) in [4.78, 5) is 10.6. The van der Waals surface area contributed by atoms with Crippen LogP contribution < -0.4 is 0 Å². The third kappa shape index (κ3) is 3.98. The topological polar surface area (TPSA) is 26.3 Å². The van der Waals surface area contributed by atoms with Gasteiger partial charge in [-0.15, -0.1) is 0 Å². The monoisotopic (exact) mass is 484 g/mol. The minimum Gasteiger partial charge on any atom is -0.465 e. The van der Waals surface area contributed by atoms with E-state index in [1.807, 2.05) is 0 Å². The van der Waals surface area contributed by atoms with E-state index in [0.717, 1.165) is 0 Å². The highest BCUT2D eigenvalue weighted by Crippen LogP contribution is 2.60. The van der Waals surface area contributed by atoms with Gasteiger partial charge in [-0.1, -0.05) is 15.9 Å². The summed E-state index contributed by atoms with van der Waals surface area (Å²) < 4.78 is 169. The minimum atomic E-state index is -7.93. The molecule has 0 fully saturated rings. The second-order valence-electron chi connectivity index (χ2n) is 4.60. The van der Waals surface area contributed by atoms with Crippen molar-refractivity contribution >= 4 is 21.9 Å². The second-order valence-corrected chi connectivity index (χ2v) is 5.16. The van der Waals surface area contributed by atoms with Crippen molar-refractivity contribution in [3.8, 4) is 0 Å². The molecule has 0 radical (unpaired) electrons. The van der Waals surface area contributed by atoms with Gasteiger partial charge in [0.1, 0.15) is 5.33 Å². The van der Waals surface area contributed by atoms with Gasteiger partial charge in [0.15, 0.2) is 0 Å². The molecule has 0 aromatic rings. The Hall–Kier alpha value is -0.960. The molecule has 0 rings (SSSR count). The summed E-state index contributed by atoms with van der Waals surface area (Å²) in [5.74, 6) is -38.5. The number of ether oxygens (including phenoxy) is 1. The Morgan fingerprint density at radius 2 is 1.08 bits per heavy atom. The van der Waals surface area contributed by atoms with Gasteiger partial charge in [-0.3, -0.25) is 4.79 Å². The fourth-order valence-corrected chi connectivity index (χ4v) is 1.45. The molecule has 26 heavy (non-hydrogen) atoms. The minimum absolute atomic E-state index is 0.666. The summed E-state index contributed by atoms with van der Waals surface area (Å²) in [6.07, 6.45) is -10.0. The summed E-state index contributed by atoms with van der Waals surface area (Å²) in [6, 6.07) is 0. The van der Waals surface area contributed by atoms with E-state index in [4.69, 9.17) is 0 Å². The summed E-state index contributed by atoms with van der Waals surface area (Å²) in [5, 5.41) is -0.666. The van der Waals surface area contributed by atoms with Crippen molar-refractivity contribution in [3.05, 3.63) is 0 Å². The number of hydrogen-bond donors (Lipinski definition) is 0. The SMILES string of the molecule is O=C(CBr)OCCC(F)(F)C(F)(F)C(F)(F)C(F)(F)C(F)(F)C(F)(F)F. The molecule has 0 spiro atoms. The summed E-state index contributed by atoms with van der Waals surface area (Å²) in [6.45, 7) is -1.75. The van der Waals surface area contributed by atoms with Crippen molar-refractivity contribution in [2.75, 3.05) is 11.9 Å². The smallest absolute Gasteiger partial charge is 0.460 e. The number of alkyl halides is 14. The number of carbonyl (C=O) groups excluding carboxylic acids is 1. The van der Waals surface area contributed by atoms with Crippen LogP contribution in [0, 0.1) is 0 Å². The van der Waals surface area contributed by atoms with Gasteiger partial charge in [-0.2, -0.15) is 57.1 Å². The summed E-state index contributed by atoms with van der Waals surface area (Å²) in [7, 11) is 0. The van der Waals surface area contributed by atoms with Gasteiger partial charge in [-0.25, -0.2) is 0 Å². The standard InChI is InChI=1S/C10H6BrF13O2/c11-3-4(25)26-2-1-5(12,13)6(14,15)7(16,17)8(18,19)9(20,21)10(22,23)24/h1-3H2. The molecule has 0 heterocycles. The van der Waals surface area contributed by atoms with Gasteiger partial charge in [0.05, 0.1) is 13.0 Å². The molecular formula is C10H6BrF13O2. The number of carbonyl (C=O) groups is 1. The first-order valence-corrected chi connectivity index (χ1v) is 7.00. The molecule has 0 aliphatic rings. The number of hydrogen-bond acceptors (Lipinski definition) is 2. The van der Waals surface area contributed by atoms with Crippen molar-refractivity contribution in [2.45, 2.75) is 42.2 Å². The van der Waals surface area contributed by atoms with E-state index >= 15 is 0 Å². The van der Waals surface area contributed by atoms with E-state index in [2.05, 4.69) is 20.7 Å². The van der Waals surface area contributed by atoms with Crippen LogP contribution in [0.1, 0.15) is 6.42 Å². The Morgan fingerprint density at radius 3 is 1.42 bits per heavy atom. The first kappa shape index (κ1) is 25.0. The molecule has 0 unspecified atom stereocenters. The van der Waals surface area contributed by atoms with Crippen LogP contribution in [0.25, 0.3) is 0 Å². The molecule has 0 aliphatic heterocycles. The van der Waals surface area contributed by atoms with E-state index in [-0.39, 0.29) is 0 Å². The fourth-order valence-electron chi connectivity index (χ4n) is 1.29. The number of halogens is 14. The number of esters is 1. The summed E-state index contributed by atoms with van der Waals surface area (Å²) in [5.41, 5.74) is 0. The van der Waals surface area contributed by atoms with Gasteiger partial charge < -0.3 is 4.74 Å². The zero-order chi connectivity index (χ0) is 21.4. The van der Waals surface area contributed by atoms with E-state index in [1.165, 1.54) is 0 Å². The molecule has 0 aromatic heterocycles. The maximum Gasteiger partial charge on any atom is 0.460 e. The van der Waals surface area contributed by atoms with Gasteiger partial charge in [0, 0.05) is 0 Å². The highest BCUT2D eigenvalue weighted by atomic mass is 79.9. The zero-order valence-electron chi connectivity index (χ0n) is 11.7. The Bertz CT molecular complexity index is 514. The Labute approximate surface area is 143 Å². The Balaban J connectivity index is 5.81. The lowest BCUT2D eigenvalue weighted by Crippen LogP contribution is -2.70. The number of rotatable bonds is 8. The first-order chi connectivity index (χ1) is 11.2. The molecule has 0 bridgehead atoms. The second kappa shape index (κ2) is 7.22. The molecule has 0 N–H and O–H groups in total. The molecule has 0 atom stereocenters. The Kier molecular flexibility index (Phi) is 6.95. The van der Waals surface area contributed by atoms with Crippen LogP contribution in [0.3, 0.4) is 0 Å². The van der Waals surface area contributed by atoms with E-state index in [1.54, 1.807) is 0 Å². The van der Waals surface area contributed by atoms with E-state index < -0.39 is 60.1 Å².